The monoisotopic (exact) mass is 406 g/mol. The number of thiocarbonyl (C=S) groups is 2. The van der Waals surface area contributed by atoms with Gasteiger partial charge in [0.1, 0.15) is 8.64 Å². The Labute approximate surface area is 166 Å². The molecular weight excluding hydrogens is 376 g/mol. The highest BCUT2D eigenvalue weighted by Gasteiger charge is 2.23. The van der Waals surface area contributed by atoms with Crippen LogP contribution in [-0.2, 0) is 0 Å². The van der Waals surface area contributed by atoms with E-state index in [1.54, 1.807) is 21.6 Å². The fourth-order valence-corrected chi connectivity index (χ4v) is 5.77. The van der Waals surface area contributed by atoms with Crippen molar-refractivity contribution in [2.24, 2.45) is 0 Å². The van der Waals surface area contributed by atoms with Gasteiger partial charge < -0.3 is 9.80 Å². The van der Waals surface area contributed by atoms with Crippen LogP contribution in [0.5, 0.6) is 0 Å². The van der Waals surface area contributed by atoms with Gasteiger partial charge in [-0.05, 0) is 49.3 Å². The van der Waals surface area contributed by atoms with Gasteiger partial charge >= 0.3 is 0 Å². The fourth-order valence-electron chi connectivity index (χ4n) is 3.02. The molecule has 0 atom stereocenters. The molecule has 8 heteroatoms. The molecule has 0 amide bonds. The Morgan fingerprint density at radius 3 is 1.17 bits per heavy atom. The van der Waals surface area contributed by atoms with Crippen LogP contribution in [0.25, 0.3) is 0 Å². The molecule has 138 valence electrons. The van der Waals surface area contributed by atoms with E-state index in [0.717, 1.165) is 61.0 Å². The average Bonchev–Trinajstić information content (AvgIpc) is 2.59. The zero-order chi connectivity index (χ0) is 17.7. The van der Waals surface area contributed by atoms with Gasteiger partial charge in [-0.1, -0.05) is 24.4 Å². The summed E-state index contributed by atoms with van der Waals surface area (Å²) in [6, 6.07) is 1.25. The second-order valence-corrected chi connectivity index (χ2v) is 10.3. The van der Waals surface area contributed by atoms with Crippen molar-refractivity contribution in [1.29, 1.82) is 0 Å². The summed E-state index contributed by atoms with van der Waals surface area (Å²) in [5.74, 6) is 0. The first-order valence-corrected chi connectivity index (χ1v) is 11.8. The summed E-state index contributed by atoms with van der Waals surface area (Å²) < 4.78 is 1.96. The lowest BCUT2D eigenvalue weighted by Crippen LogP contribution is -2.50. The van der Waals surface area contributed by atoms with Crippen molar-refractivity contribution >= 4 is 54.7 Å². The smallest absolute Gasteiger partial charge is 0.147 e. The van der Waals surface area contributed by atoms with Crippen LogP contribution in [0.3, 0.4) is 0 Å². The Kier molecular flexibility index (Phi) is 8.56. The molecule has 0 aromatic carbocycles. The number of piperazine rings is 2. The van der Waals surface area contributed by atoms with Crippen LogP contribution >= 0.6 is 46.0 Å². The minimum absolute atomic E-state index is 0.625. The molecule has 24 heavy (non-hydrogen) atoms. The van der Waals surface area contributed by atoms with E-state index in [1.807, 2.05) is 0 Å². The fraction of sp³-hybridized carbons (Fsp3) is 0.875. The first kappa shape index (κ1) is 20.7. The van der Waals surface area contributed by atoms with Crippen molar-refractivity contribution < 1.29 is 0 Å². The predicted molar refractivity (Wildman–Crippen MR) is 117 cm³/mol. The molecule has 2 rings (SSSR count). The zero-order valence-corrected chi connectivity index (χ0v) is 18.5. The molecule has 0 unspecified atom stereocenters. The van der Waals surface area contributed by atoms with Gasteiger partial charge in [-0.15, -0.1) is 0 Å². The van der Waals surface area contributed by atoms with Gasteiger partial charge in [0.25, 0.3) is 0 Å². The van der Waals surface area contributed by atoms with E-state index in [-0.39, 0.29) is 0 Å². The third-order valence-electron chi connectivity index (χ3n) is 4.79. The van der Waals surface area contributed by atoms with E-state index in [4.69, 9.17) is 24.4 Å². The van der Waals surface area contributed by atoms with Crippen molar-refractivity contribution in [3.05, 3.63) is 0 Å². The Balaban J connectivity index is 1.68. The highest BCUT2D eigenvalue weighted by Crippen LogP contribution is 2.29. The third kappa shape index (κ3) is 5.99. The summed E-state index contributed by atoms with van der Waals surface area (Å²) in [7, 11) is 3.32. The summed E-state index contributed by atoms with van der Waals surface area (Å²) in [5.41, 5.74) is 0. The van der Waals surface area contributed by atoms with E-state index < -0.39 is 0 Å². The zero-order valence-electron chi connectivity index (χ0n) is 15.2. The summed E-state index contributed by atoms with van der Waals surface area (Å²) in [6.45, 7) is 17.6. The predicted octanol–water partition coefficient (Wildman–Crippen LogP) is 2.99. The SMILES string of the molecule is CC(C)N1CCN(C(=S)SSC(=S)N2CCN(C(C)C)CC2)CC1. The van der Waals surface area contributed by atoms with E-state index in [0.29, 0.717) is 12.1 Å². The Hall–Kier alpha value is 0.400. The van der Waals surface area contributed by atoms with Crippen LogP contribution in [0.1, 0.15) is 27.7 Å². The van der Waals surface area contributed by atoms with Gasteiger partial charge in [0.2, 0.25) is 0 Å². The van der Waals surface area contributed by atoms with Crippen molar-refractivity contribution in [3.63, 3.8) is 0 Å². The topological polar surface area (TPSA) is 13.0 Å². The van der Waals surface area contributed by atoms with E-state index >= 15 is 0 Å². The third-order valence-corrected chi connectivity index (χ3v) is 8.52. The molecule has 2 fully saturated rings. The standard InChI is InChI=1S/C16H30N4S4/c1-13(2)17-5-9-19(10-6-17)15(21)23-24-16(22)20-11-7-18(8-12-20)14(3)4/h13-14H,5-12H2,1-4H3. The van der Waals surface area contributed by atoms with Crippen LogP contribution in [0.15, 0.2) is 0 Å². The molecule has 2 aliphatic heterocycles. The molecule has 0 saturated carbocycles. The molecule has 0 aromatic rings. The van der Waals surface area contributed by atoms with Crippen LogP contribution in [0.2, 0.25) is 0 Å². The summed E-state index contributed by atoms with van der Waals surface area (Å²) >= 11 is 11.2. The van der Waals surface area contributed by atoms with Crippen molar-refractivity contribution in [2.45, 2.75) is 39.8 Å². The van der Waals surface area contributed by atoms with Crippen LogP contribution < -0.4 is 0 Å². The maximum Gasteiger partial charge on any atom is 0.147 e. The Bertz CT molecular complexity index is 388. The average molecular weight is 407 g/mol. The van der Waals surface area contributed by atoms with Crippen LogP contribution in [-0.4, -0.2) is 92.7 Å². The molecule has 2 aliphatic rings. The van der Waals surface area contributed by atoms with Gasteiger partial charge in [-0.3, -0.25) is 9.80 Å². The normalized spacial score (nSPS) is 20.9. The molecule has 0 radical (unpaired) electrons. The lowest BCUT2D eigenvalue weighted by molar-refractivity contribution is 0.151. The number of nitrogens with zero attached hydrogens (tertiary/aromatic N) is 4. The minimum atomic E-state index is 0.625. The number of hydrogen-bond donors (Lipinski definition) is 0. The van der Waals surface area contributed by atoms with Gasteiger partial charge in [-0.2, -0.15) is 0 Å². The highest BCUT2D eigenvalue weighted by molar-refractivity contribution is 8.89. The molecule has 2 saturated heterocycles. The Morgan fingerprint density at radius 2 is 0.917 bits per heavy atom. The molecular formula is C16H30N4S4. The lowest BCUT2D eigenvalue weighted by atomic mass is 10.2. The number of hydrogen-bond acceptors (Lipinski definition) is 6. The quantitative estimate of drug-likeness (QED) is 0.506. The molecule has 0 bridgehead atoms. The largest absolute Gasteiger partial charge is 0.354 e. The lowest BCUT2D eigenvalue weighted by Gasteiger charge is -2.38. The van der Waals surface area contributed by atoms with Crippen LogP contribution in [0, 0.1) is 0 Å². The minimum Gasteiger partial charge on any atom is -0.354 e. The summed E-state index contributed by atoms with van der Waals surface area (Å²) in [4.78, 5) is 9.67. The first-order valence-electron chi connectivity index (χ1n) is 8.79. The van der Waals surface area contributed by atoms with Gasteiger partial charge in [0.05, 0.1) is 0 Å². The molecule has 2 heterocycles. The van der Waals surface area contributed by atoms with Crippen molar-refractivity contribution in [3.8, 4) is 0 Å². The second kappa shape index (κ2) is 9.92. The number of rotatable bonds is 2. The van der Waals surface area contributed by atoms with E-state index in [2.05, 4.69) is 47.3 Å². The van der Waals surface area contributed by atoms with Gasteiger partial charge in [0, 0.05) is 64.4 Å². The van der Waals surface area contributed by atoms with Crippen molar-refractivity contribution in [1.82, 2.24) is 19.6 Å². The Morgan fingerprint density at radius 1 is 0.625 bits per heavy atom. The van der Waals surface area contributed by atoms with Gasteiger partial charge in [0.15, 0.2) is 0 Å². The molecule has 4 nitrogen and oxygen atoms in total. The first-order chi connectivity index (χ1) is 11.4. The highest BCUT2D eigenvalue weighted by atomic mass is 33.1. The molecule has 0 aliphatic carbocycles. The van der Waals surface area contributed by atoms with Gasteiger partial charge in [-0.25, -0.2) is 0 Å². The van der Waals surface area contributed by atoms with Crippen LogP contribution in [0.4, 0.5) is 0 Å². The van der Waals surface area contributed by atoms with E-state index in [9.17, 15) is 0 Å². The molecule has 0 spiro atoms. The summed E-state index contributed by atoms with van der Waals surface area (Å²) in [5, 5.41) is 0. The molecule has 0 N–H and O–H groups in total. The second-order valence-electron chi connectivity index (χ2n) is 6.93. The van der Waals surface area contributed by atoms with E-state index in [1.165, 1.54) is 0 Å². The molecule has 0 aromatic heterocycles. The maximum atomic E-state index is 5.61. The summed E-state index contributed by atoms with van der Waals surface area (Å²) in [6.07, 6.45) is 0. The maximum absolute atomic E-state index is 5.61. The van der Waals surface area contributed by atoms with Crippen molar-refractivity contribution in [2.75, 3.05) is 52.4 Å².